The molecule has 7 rings (SSSR count). The zero-order chi connectivity index (χ0) is 52.9. The Bertz CT molecular complexity index is 2760. The number of aliphatic hydroxyl groups excluding tert-OH is 3. The minimum atomic E-state index is -1.75. The number of anilines is 1. The summed E-state index contributed by atoms with van der Waals surface area (Å²) in [5.74, 6) is -3.91. The van der Waals surface area contributed by atoms with Gasteiger partial charge in [0.1, 0.15) is 28.8 Å². The molecular weight excluding hydrogens is 919 g/mol. The highest BCUT2D eigenvalue weighted by Gasteiger charge is 2.51. The molecule has 6 bridgehead atoms. The first-order valence-electron chi connectivity index (χ1n) is 25.2. The van der Waals surface area contributed by atoms with Gasteiger partial charge in [-0.25, -0.2) is 4.98 Å². The molecule has 4 heterocycles. The molecule has 0 aliphatic carbocycles. The van der Waals surface area contributed by atoms with E-state index in [-0.39, 0.29) is 11.5 Å². The van der Waals surface area contributed by atoms with E-state index in [1.807, 2.05) is 39.0 Å². The summed E-state index contributed by atoms with van der Waals surface area (Å²) >= 11 is 0. The van der Waals surface area contributed by atoms with E-state index in [2.05, 4.69) is 42.7 Å². The summed E-state index contributed by atoms with van der Waals surface area (Å²) in [4.78, 5) is 36.5. The molecule has 392 valence electrons. The van der Waals surface area contributed by atoms with E-state index in [1.54, 1.807) is 61.7 Å². The minimum Gasteiger partial charge on any atom is -0.494 e. The highest BCUT2D eigenvalue weighted by molar-refractivity contribution is 6.19. The molecule has 1 aromatic heterocycles. The van der Waals surface area contributed by atoms with Crippen LogP contribution in [0.4, 0.5) is 5.69 Å². The normalized spacial score (nSPS) is 28.6. The van der Waals surface area contributed by atoms with Gasteiger partial charge in [-0.3, -0.25) is 14.5 Å². The van der Waals surface area contributed by atoms with Crippen LogP contribution in [0.3, 0.4) is 0 Å². The van der Waals surface area contributed by atoms with Crippen molar-refractivity contribution in [3.63, 3.8) is 0 Å². The van der Waals surface area contributed by atoms with Crippen molar-refractivity contribution in [2.75, 3.05) is 45.3 Å². The Labute approximate surface area is 424 Å². The van der Waals surface area contributed by atoms with Crippen LogP contribution in [0.25, 0.3) is 27.4 Å². The maximum Gasteiger partial charge on any atom is 0.316 e. The van der Waals surface area contributed by atoms with E-state index >= 15 is 0 Å². The van der Waals surface area contributed by atoms with Crippen LogP contribution in [-0.2, 0) is 30.3 Å². The predicted octanol–water partition coefficient (Wildman–Crippen LogP) is 9.36. The third-order valence-electron chi connectivity index (χ3n) is 15.1. The second-order valence-corrected chi connectivity index (χ2v) is 21.7. The number of esters is 2. The maximum absolute atomic E-state index is 14.0. The van der Waals surface area contributed by atoms with Crippen LogP contribution in [0.2, 0.25) is 0 Å². The van der Waals surface area contributed by atoms with Gasteiger partial charge in [-0.1, -0.05) is 63.6 Å². The Balaban J connectivity index is 1.46. The molecule has 3 aromatic carbocycles. The van der Waals surface area contributed by atoms with Crippen LogP contribution in [0, 0.1) is 56.8 Å². The number of rotatable bonds is 7. The van der Waals surface area contributed by atoms with Crippen molar-refractivity contribution in [1.82, 2.24) is 9.88 Å². The maximum atomic E-state index is 14.0. The van der Waals surface area contributed by atoms with Crippen LogP contribution in [0.1, 0.15) is 115 Å². The number of aliphatic hydroxyl groups is 3. The number of allylic oxidation sites excluding steroid dienone is 3. The van der Waals surface area contributed by atoms with Gasteiger partial charge in [-0.05, 0) is 78.2 Å². The molecule has 1 saturated heterocycles. The number of hydrogen-bond acceptors (Lipinski definition) is 15. The number of ether oxygens (including phenoxy) is 6. The number of carbonyl (C=O) groups is 2. The Hall–Kier alpha value is -5.45. The molecule has 3 aliphatic rings. The summed E-state index contributed by atoms with van der Waals surface area (Å²) in [5.41, 5.74) is 7.05. The number of fused-ring (bicyclic) bond motifs is 2. The lowest BCUT2D eigenvalue weighted by Crippen LogP contribution is -2.46. The van der Waals surface area contributed by atoms with Crippen molar-refractivity contribution < 1.29 is 57.7 Å². The summed E-state index contributed by atoms with van der Waals surface area (Å²) in [7, 11) is 3.09. The van der Waals surface area contributed by atoms with Gasteiger partial charge in [-0.2, -0.15) is 0 Å². The van der Waals surface area contributed by atoms with Gasteiger partial charge in [0.05, 0.1) is 42.5 Å². The average molecular weight is 996 g/mol. The minimum absolute atomic E-state index is 0.163. The van der Waals surface area contributed by atoms with Crippen molar-refractivity contribution in [2.24, 2.45) is 29.1 Å². The zero-order valence-corrected chi connectivity index (χ0v) is 45.1. The van der Waals surface area contributed by atoms with E-state index in [1.165, 1.54) is 42.5 Å². The number of aryl methyl sites for hydroxylation is 3. The first kappa shape index (κ1) is 54.3. The highest BCUT2D eigenvalue weighted by Crippen LogP contribution is 2.59. The molecule has 0 amide bonds. The van der Waals surface area contributed by atoms with Crippen LogP contribution in [-0.4, -0.2) is 108 Å². The lowest BCUT2D eigenvalue weighted by molar-refractivity contribution is -0.181. The molecule has 15 nitrogen and oxygen atoms in total. The molecule has 0 radical (unpaired) electrons. The van der Waals surface area contributed by atoms with Crippen molar-refractivity contribution in [3.8, 4) is 17.2 Å². The SMILES string of the molecule is COc1c(N2CCN(Cc3c(C)cc(C)cc3C)CC2)c2nc3oc2c2c(OC(=O)C(C)(C)C)c(C)c4c(c12)[C@@H](O)[C@@](C)(O/C=C\[C@H](OC)[C@@H](C)[C@@H](OC(C)=O)[C@H](C)[C@H](O)[C@H](C)[C@@H](O)[C@@H](C)/C=C\C=C3C)O4. The van der Waals surface area contributed by atoms with E-state index in [4.69, 9.17) is 37.8 Å². The Morgan fingerprint density at radius 2 is 1.53 bits per heavy atom. The first-order valence-corrected chi connectivity index (χ1v) is 25.2. The molecule has 0 saturated carbocycles. The molecule has 15 heteroatoms. The molecular formula is C57H77N3O12. The van der Waals surface area contributed by atoms with E-state index in [0.717, 1.165) is 19.6 Å². The number of methoxy groups -OCH3 is 2. The largest absolute Gasteiger partial charge is 0.494 e. The summed E-state index contributed by atoms with van der Waals surface area (Å²) in [6.07, 6.45) is 3.49. The summed E-state index contributed by atoms with van der Waals surface area (Å²) < 4.78 is 44.8. The predicted molar refractivity (Wildman–Crippen MR) is 278 cm³/mol. The fourth-order valence-electron chi connectivity index (χ4n) is 10.7. The van der Waals surface area contributed by atoms with E-state index in [0.29, 0.717) is 69.0 Å². The number of nitrogens with zero attached hydrogens (tertiary/aromatic N) is 3. The van der Waals surface area contributed by atoms with E-state index < -0.39 is 77.3 Å². The first-order chi connectivity index (χ1) is 33.8. The van der Waals surface area contributed by atoms with Crippen LogP contribution in [0.5, 0.6) is 17.2 Å². The molecule has 3 aliphatic heterocycles. The summed E-state index contributed by atoms with van der Waals surface area (Å²) in [6.45, 7) is 29.1. The van der Waals surface area contributed by atoms with Gasteiger partial charge < -0.3 is 53.1 Å². The van der Waals surface area contributed by atoms with Crippen LogP contribution in [0.15, 0.2) is 47.1 Å². The van der Waals surface area contributed by atoms with Crippen molar-refractivity contribution in [1.29, 1.82) is 0 Å². The fourth-order valence-corrected chi connectivity index (χ4v) is 10.7. The number of benzene rings is 3. The topological polar surface area (TPSA) is 183 Å². The van der Waals surface area contributed by atoms with Crippen LogP contribution < -0.4 is 19.1 Å². The van der Waals surface area contributed by atoms with Gasteiger partial charge in [0.15, 0.2) is 17.4 Å². The number of oxazole rings is 1. The zero-order valence-electron chi connectivity index (χ0n) is 45.1. The molecule has 4 aromatic rings. The molecule has 10 atom stereocenters. The summed E-state index contributed by atoms with van der Waals surface area (Å²) in [5, 5.41) is 36.9. The lowest BCUT2D eigenvalue weighted by atomic mass is 9.78. The smallest absolute Gasteiger partial charge is 0.316 e. The average Bonchev–Trinajstić information content (AvgIpc) is 3.88. The number of carbonyl (C=O) groups excluding carboxylic acids is 2. The molecule has 72 heavy (non-hydrogen) atoms. The monoisotopic (exact) mass is 996 g/mol. The quantitative estimate of drug-likeness (QED) is 0.118. The fraction of sp³-hybridized carbons (Fsp3) is 0.561. The van der Waals surface area contributed by atoms with Gasteiger partial charge in [-0.15, -0.1) is 0 Å². The standard InChI is InChI=1S/C57H77N3O12/c1-29-26-32(4)39(33(5)27-29)28-59-21-23-60(24-22-59)45-44-51-42-41(52(45)67-16)43-50(37(9)49(42)71-55(65)56(11,12)13)72-57(14,53(43)64)68-25-20-40(66-15)34(6)48(69-38(10)61)36(8)47(63)35(7)46(62)30(2)18-17-19-31(3)54(58-44)70-51/h17-20,25-27,30,34-36,40,46-48,53,62-64H,21-24,28H2,1-16H3/b18-17-,25-20-,31-19?/t30-,34+,35+,36+,40-,46-,47+,48+,53+,57-/m0/s1. The third-order valence-corrected chi connectivity index (χ3v) is 15.1. The Kier molecular flexibility index (Phi) is 16.0. The Morgan fingerprint density at radius 1 is 0.875 bits per heavy atom. The van der Waals surface area contributed by atoms with Crippen molar-refractivity contribution in [2.45, 2.75) is 140 Å². The summed E-state index contributed by atoms with van der Waals surface area (Å²) in [6, 6.07) is 4.47. The number of piperazine rings is 1. The molecule has 3 N–H and O–H groups in total. The van der Waals surface area contributed by atoms with Crippen molar-refractivity contribution in [3.05, 3.63) is 82.0 Å². The van der Waals surface area contributed by atoms with Crippen molar-refractivity contribution >= 4 is 45.1 Å². The number of aromatic nitrogens is 1. The van der Waals surface area contributed by atoms with E-state index in [9.17, 15) is 24.9 Å². The Morgan fingerprint density at radius 3 is 2.12 bits per heavy atom. The molecule has 1 fully saturated rings. The van der Waals surface area contributed by atoms with Gasteiger partial charge >= 0.3 is 11.9 Å². The second kappa shape index (κ2) is 21.2. The molecule has 0 spiro atoms. The van der Waals surface area contributed by atoms with Crippen LogP contribution >= 0.6 is 0 Å². The molecule has 0 unspecified atom stereocenters. The third kappa shape index (κ3) is 10.4. The highest BCUT2D eigenvalue weighted by atomic mass is 16.7. The second-order valence-electron chi connectivity index (χ2n) is 21.7. The van der Waals surface area contributed by atoms with Gasteiger partial charge in [0.2, 0.25) is 5.89 Å². The van der Waals surface area contributed by atoms with Gasteiger partial charge in [0.25, 0.3) is 5.79 Å². The lowest BCUT2D eigenvalue weighted by Gasteiger charge is -2.38. The van der Waals surface area contributed by atoms with Gasteiger partial charge in [0, 0.05) is 99.4 Å². The number of hydrogen-bond donors (Lipinski definition) is 3.